The average Bonchev–Trinajstić information content (AvgIpc) is 3.14. The summed E-state index contributed by atoms with van der Waals surface area (Å²) in [6, 6.07) is -1.52. The summed E-state index contributed by atoms with van der Waals surface area (Å²) < 4.78 is 32.6. The van der Waals surface area contributed by atoms with Crippen molar-refractivity contribution in [2.45, 2.75) is 193 Å². The molecule has 314 valence electrons. The van der Waals surface area contributed by atoms with Gasteiger partial charge in [-0.25, -0.2) is 4.57 Å². The zero-order valence-corrected chi connectivity index (χ0v) is 34.7. The van der Waals surface area contributed by atoms with E-state index in [0.29, 0.717) is 12.8 Å². The van der Waals surface area contributed by atoms with Crippen LogP contribution in [-0.2, 0) is 37.5 Å². The van der Waals surface area contributed by atoms with Gasteiger partial charge >= 0.3 is 25.7 Å². The summed E-state index contributed by atoms with van der Waals surface area (Å²) in [5, 5.41) is 8.88. The van der Waals surface area contributed by atoms with Crippen molar-refractivity contribution >= 4 is 25.7 Å². The number of ether oxygens (including phenoxy) is 2. The first-order valence-corrected chi connectivity index (χ1v) is 22.5. The maximum Gasteiger partial charge on any atom is 0.472 e. The van der Waals surface area contributed by atoms with E-state index in [9.17, 15) is 23.8 Å². The topological polar surface area (TPSA) is 172 Å². The van der Waals surface area contributed by atoms with E-state index in [2.05, 4.69) is 54.8 Å². The van der Waals surface area contributed by atoms with Crippen molar-refractivity contribution in [3.05, 3.63) is 36.5 Å². The molecule has 0 amide bonds. The third-order valence-corrected chi connectivity index (χ3v) is 9.85. The molecule has 0 aromatic heterocycles. The Kier molecular flexibility index (Phi) is 36.0. The Bertz CT molecular complexity index is 1060. The Balaban J connectivity index is 4.40. The molecule has 0 radical (unpaired) electrons. The first-order chi connectivity index (χ1) is 26.1. The summed E-state index contributed by atoms with van der Waals surface area (Å²) in [5.74, 6) is -2.40. The van der Waals surface area contributed by atoms with Crippen molar-refractivity contribution in [2.75, 3.05) is 19.8 Å². The maximum absolute atomic E-state index is 12.6. The van der Waals surface area contributed by atoms with Crippen LogP contribution < -0.4 is 5.73 Å². The van der Waals surface area contributed by atoms with Crippen molar-refractivity contribution in [3.63, 3.8) is 0 Å². The van der Waals surface area contributed by atoms with Gasteiger partial charge in [0.25, 0.3) is 0 Å². The van der Waals surface area contributed by atoms with Gasteiger partial charge in [-0.3, -0.25) is 23.4 Å². The number of esters is 2. The smallest absolute Gasteiger partial charge is 0.472 e. The minimum atomic E-state index is -4.72. The summed E-state index contributed by atoms with van der Waals surface area (Å²) in [6.07, 6.45) is 39.2. The SMILES string of the molecule is CCC=CCC=CCC=CCCCCCCCC(=O)OC(COC(=O)CCCCCCCCCCCCCCCCC)COP(=O)(O)OCC(N)C(=O)O. The Labute approximate surface area is 327 Å². The van der Waals surface area contributed by atoms with E-state index in [0.717, 1.165) is 70.6 Å². The van der Waals surface area contributed by atoms with Gasteiger partial charge in [-0.2, -0.15) is 0 Å². The normalized spacial score (nSPS) is 14.1. The lowest BCUT2D eigenvalue weighted by molar-refractivity contribution is -0.161. The number of carbonyl (C=O) groups excluding carboxylic acids is 2. The van der Waals surface area contributed by atoms with Crippen molar-refractivity contribution in [1.29, 1.82) is 0 Å². The van der Waals surface area contributed by atoms with Crippen LogP contribution in [0, 0.1) is 0 Å². The van der Waals surface area contributed by atoms with E-state index in [-0.39, 0.29) is 19.4 Å². The summed E-state index contributed by atoms with van der Waals surface area (Å²) in [7, 11) is -4.72. The lowest BCUT2D eigenvalue weighted by Crippen LogP contribution is -2.34. The van der Waals surface area contributed by atoms with Crippen molar-refractivity contribution in [2.24, 2.45) is 5.73 Å². The van der Waals surface area contributed by atoms with Gasteiger partial charge in [0.2, 0.25) is 0 Å². The molecule has 0 fully saturated rings. The quantitative estimate of drug-likeness (QED) is 0.0234. The van der Waals surface area contributed by atoms with Crippen LogP contribution in [0.1, 0.15) is 181 Å². The molecular weight excluding hydrogens is 709 g/mol. The second-order valence-electron chi connectivity index (χ2n) is 14.1. The molecule has 0 aliphatic rings. The standard InChI is InChI=1S/C42H76NO10P/c1-3-5-7-9-11-13-15-17-19-21-23-25-27-29-31-33-40(44)50-35-38(36-51-54(48,49)52-37-39(43)42(46)47)53-41(45)34-32-30-28-26-24-22-20-18-16-14-12-10-8-6-4-2/h6,8,12,14,18,20,38-39H,3-5,7,9-11,13,15-17,19,21-37,43H2,1-2H3,(H,46,47)(H,48,49). The number of hydrogen-bond acceptors (Lipinski definition) is 9. The molecule has 0 aliphatic carbocycles. The Morgan fingerprint density at radius 2 is 1.04 bits per heavy atom. The van der Waals surface area contributed by atoms with Crippen LogP contribution in [0.4, 0.5) is 0 Å². The Morgan fingerprint density at radius 1 is 0.593 bits per heavy atom. The minimum absolute atomic E-state index is 0.143. The summed E-state index contributed by atoms with van der Waals surface area (Å²) in [6.45, 7) is 2.67. The highest BCUT2D eigenvalue weighted by Crippen LogP contribution is 2.43. The highest BCUT2D eigenvalue weighted by atomic mass is 31.2. The van der Waals surface area contributed by atoms with Gasteiger partial charge in [0.15, 0.2) is 6.10 Å². The lowest BCUT2D eigenvalue weighted by Gasteiger charge is -2.20. The van der Waals surface area contributed by atoms with Crippen molar-refractivity contribution in [3.8, 4) is 0 Å². The average molecular weight is 786 g/mol. The van der Waals surface area contributed by atoms with Crippen molar-refractivity contribution in [1.82, 2.24) is 0 Å². The molecular formula is C42H76NO10P. The van der Waals surface area contributed by atoms with Gasteiger partial charge in [0, 0.05) is 12.8 Å². The van der Waals surface area contributed by atoms with Crippen LogP contribution in [0.3, 0.4) is 0 Å². The van der Waals surface area contributed by atoms with Gasteiger partial charge in [0.05, 0.1) is 13.2 Å². The number of aliphatic carboxylic acids is 1. The highest BCUT2D eigenvalue weighted by molar-refractivity contribution is 7.47. The Hall–Kier alpha value is -2.30. The van der Waals surface area contributed by atoms with Gasteiger partial charge in [0.1, 0.15) is 12.6 Å². The van der Waals surface area contributed by atoms with E-state index in [1.807, 2.05) is 0 Å². The number of rotatable bonds is 39. The van der Waals surface area contributed by atoms with Crippen molar-refractivity contribution < 1.29 is 47.5 Å². The number of hydrogen-bond donors (Lipinski definition) is 3. The molecule has 3 unspecified atom stereocenters. The Morgan fingerprint density at radius 3 is 1.56 bits per heavy atom. The number of carboxylic acids is 1. The summed E-state index contributed by atoms with van der Waals surface area (Å²) in [5.41, 5.74) is 5.33. The van der Waals surface area contributed by atoms with Crippen LogP contribution in [0.5, 0.6) is 0 Å². The zero-order valence-electron chi connectivity index (χ0n) is 33.8. The molecule has 12 heteroatoms. The molecule has 0 rings (SSSR count). The molecule has 3 atom stereocenters. The van der Waals surface area contributed by atoms with Crippen LogP contribution in [-0.4, -0.2) is 59.9 Å². The lowest BCUT2D eigenvalue weighted by atomic mass is 10.0. The fourth-order valence-corrected chi connectivity index (χ4v) is 6.39. The minimum Gasteiger partial charge on any atom is -0.480 e. The van der Waals surface area contributed by atoms with Gasteiger partial charge < -0.3 is 25.2 Å². The predicted octanol–water partition coefficient (Wildman–Crippen LogP) is 10.8. The van der Waals surface area contributed by atoms with E-state index in [1.54, 1.807) is 0 Å². The van der Waals surface area contributed by atoms with Gasteiger partial charge in [-0.05, 0) is 44.9 Å². The fraction of sp³-hybridized carbons (Fsp3) is 0.786. The van der Waals surface area contributed by atoms with Crippen LogP contribution in [0.25, 0.3) is 0 Å². The molecule has 0 saturated heterocycles. The zero-order chi connectivity index (χ0) is 40.0. The molecule has 54 heavy (non-hydrogen) atoms. The summed E-state index contributed by atoms with van der Waals surface area (Å²) in [4.78, 5) is 45.9. The molecule has 4 N–H and O–H groups in total. The first-order valence-electron chi connectivity index (χ1n) is 21.0. The monoisotopic (exact) mass is 786 g/mol. The third-order valence-electron chi connectivity index (χ3n) is 8.90. The van der Waals surface area contributed by atoms with Crippen LogP contribution >= 0.6 is 7.82 Å². The molecule has 0 aromatic rings. The van der Waals surface area contributed by atoms with Gasteiger partial charge in [-0.1, -0.05) is 159 Å². The second-order valence-corrected chi connectivity index (χ2v) is 15.6. The van der Waals surface area contributed by atoms with E-state index in [4.69, 9.17) is 24.8 Å². The van der Waals surface area contributed by atoms with E-state index < -0.39 is 51.1 Å². The number of carbonyl (C=O) groups is 3. The van der Waals surface area contributed by atoms with Crippen LogP contribution in [0.15, 0.2) is 36.5 Å². The number of phosphoric ester groups is 1. The second kappa shape index (κ2) is 37.6. The highest BCUT2D eigenvalue weighted by Gasteiger charge is 2.28. The van der Waals surface area contributed by atoms with E-state index in [1.165, 1.54) is 70.6 Å². The predicted molar refractivity (Wildman–Crippen MR) is 217 cm³/mol. The molecule has 0 aromatic carbocycles. The number of phosphoric acid groups is 1. The van der Waals surface area contributed by atoms with E-state index >= 15 is 0 Å². The first kappa shape index (κ1) is 51.7. The maximum atomic E-state index is 12.6. The fourth-order valence-electron chi connectivity index (χ4n) is 5.61. The molecule has 0 aliphatic heterocycles. The number of nitrogens with two attached hydrogens (primary N) is 1. The third kappa shape index (κ3) is 36.7. The molecule has 0 spiro atoms. The van der Waals surface area contributed by atoms with Crippen LogP contribution in [0.2, 0.25) is 0 Å². The molecule has 11 nitrogen and oxygen atoms in total. The number of allylic oxidation sites excluding steroid dienone is 6. The molecule has 0 saturated carbocycles. The number of carboxylic acid groups (broad SMARTS) is 1. The molecule has 0 bridgehead atoms. The van der Waals surface area contributed by atoms with Gasteiger partial charge in [-0.15, -0.1) is 0 Å². The molecule has 0 heterocycles. The largest absolute Gasteiger partial charge is 0.480 e. The summed E-state index contributed by atoms with van der Waals surface area (Å²) >= 11 is 0. The number of unbranched alkanes of at least 4 members (excludes halogenated alkanes) is 19.